The molecule has 0 aromatic heterocycles. The van der Waals surface area contributed by atoms with E-state index in [0.29, 0.717) is 6.04 Å². The third-order valence-corrected chi connectivity index (χ3v) is 4.75. The summed E-state index contributed by atoms with van der Waals surface area (Å²) >= 11 is 5.36. The van der Waals surface area contributed by atoms with Crippen LogP contribution in [0.5, 0.6) is 0 Å². The standard InChI is InChI=1S/C13H19BrN2S/c14-11-2-1-3-13(8-11)17-9-12(16-15)7-6-10-4-5-10/h1-3,8,10,12,16H,4-7,9,15H2. The maximum Gasteiger partial charge on any atom is 0.0304 e. The number of hydrazine groups is 1. The van der Waals surface area contributed by atoms with Gasteiger partial charge in [0, 0.05) is 21.2 Å². The summed E-state index contributed by atoms with van der Waals surface area (Å²) in [5.41, 5.74) is 2.94. The predicted octanol–water partition coefficient (Wildman–Crippen LogP) is 3.56. The van der Waals surface area contributed by atoms with Gasteiger partial charge in [0.2, 0.25) is 0 Å². The average Bonchev–Trinajstić information content (AvgIpc) is 3.13. The van der Waals surface area contributed by atoms with Gasteiger partial charge in [-0.3, -0.25) is 11.3 Å². The molecule has 0 amide bonds. The molecule has 1 atom stereocenters. The van der Waals surface area contributed by atoms with Gasteiger partial charge in [0.15, 0.2) is 0 Å². The third-order valence-electron chi connectivity index (χ3n) is 3.10. The van der Waals surface area contributed by atoms with E-state index < -0.39 is 0 Å². The molecule has 0 bridgehead atoms. The van der Waals surface area contributed by atoms with E-state index in [1.54, 1.807) is 0 Å². The number of thioether (sulfide) groups is 1. The van der Waals surface area contributed by atoms with Crippen LogP contribution in [-0.2, 0) is 0 Å². The van der Waals surface area contributed by atoms with Crippen molar-refractivity contribution in [3.63, 3.8) is 0 Å². The van der Waals surface area contributed by atoms with E-state index in [-0.39, 0.29) is 0 Å². The Bertz CT molecular complexity index is 355. The van der Waals surface area contributed by atoms with Crippen LogP contribution in [0.4, 0.5) is 0 Å². The second kappa shape index (κ2) is 6.78. The van der Waals surface area contributed by atoms with Gasteiger partial charge in [0.1, 0.15) is 0 Å². The van der Waals surface area contributed by atoms with Crippen molar-refractivity contribution in [1.29, 1.82) is 0 Å². The summed E-state index contributed by atoms with van der Waals surface area (Å²) in [6.45, 7) is 0. The highest BCUT2D eigenvalue weighted by atomic mass is 79.9. The van der Waals surface area contributed by atoms with E-state index in [4.69, 9.17) is 5.84 Å². The minimum atomic E-state index is 0.430. The Labute approximate surface area is 116 Å². The van der Waals surface area contributed by atoms with E-state index in [1.165, 1.54) is 30.6 Å². The van der Waals surface area contributed by atoms with Crippen molar-refractivity contribution in [3.8, 4) is 0 Å². The van der Waals surface area contributed by atoms with Gasteiger partial charge in [0.25, 0.3) is 0 Å². The SMILES string of the molecule is NNC(CCC1CC1)CSc1cccc(Br)c1. The van der Waals surface area contributed by atoms with Gasteiger partial charge in [-0.05, 0) is 37.0 Å². The number of hydrogen-bond acceptors (Lipinski definition) is 3. The zero-order chi connectivity index (χ0) is 12.1. The van der Waals surface area contributed by atoms with Gasteiger partial charge < -0.3 is 0 Å². The lowest BCUT2D eigenvalue weighted by Crippen LogP contribution is -2.37. The van der Waals surface area contributed by atoms with Crippen molar-refractivity contribution in [1.82, 2.24) is 5.43 Å². The number of nitrogens with one attached hydrogen (secondary N) is 1. The van der Waals surface area contributed by atoms with Gasteiger partial charge in [-0.15, -0.1) is 11.8 Å². The lowest BCUT2D eigenvalue weighted by atomic mass is 10.1. The highest BCUT2D eigenvalue weighted by Gasteiger charge is 2.22. The molecule has 1 fully saturated rings. The molecule has 1 unspecified atom stereocenters. The first-order valence-corrected chi connectivity index (χ1v) is 7.90. The fourth-order valence-corrected chi connectivity index (χ4v) is 3.40. The van der Waals surface area contributed by atoms with E-state index in [1.807, 2.05) is 11.8 Å². The summed E-state index contributed by atoms with van der Waals surface area (Å²) in [5.74, 6) is 7.63. The summed E-state index contributed by atoms with van der Waals surface area (Å²) in [6, 6.07) is 8.85. The van der Waals surface area contributed by atoms with E-state index >= 15 is 0 Å². The maximum atomic E-state index is 5.60. The molecule has 1 saturated carbocycles. The Morgan fingerprint density at radius 1 is 1.47 bits per heavy atom. The lowest BCUT2D eigenvalue weighted by Gasteiger charge is -2.15. The minimum Gasteiger partial charge on any atom is -0.271 e. The highest BCUT2D eigenvalue weighted by molar-refractivity contribution is 9.10. The third kappa shape index (κ3) is 5.00. The Morgan fingerprint density at radius 2 is 2.29 bits per heavy atom. The van der Waals surface area contributed by atoms with E-state index in [0.717, 1.165) is 16.1 Å². The van der Waals surface area contributed by atoms with Gasteiger partial charge in [-0.2, -0.15) is 0 Å². The van der Waals surface area contributed by atoms with Crippen LogP contribution >= 0.6 is 27.7 Å². The first kappa shape index (κ1) is 13.4. The lowest BCUT2D eigenvalue weighted by molar-refractivity contribution is 0.501. The summed E-state index contributed by atoms with van der Waals surface area (Å²) in [7, 11) is 0. The molecule has 1 aromatic carbocycles. The monoisotopic (exact) mass is 314 g/mol. The maximum absolute atomic E-state index is 5.60. The molecule has 2 nitrogen and oxygen atoms in total. The van der Waals surface area contributed by atoms with Crippen LogP contribution < -0.4 is 11.3 Å². The number of benzene rings is 1. The molecule has 0 saturated heterocycles. The molecule has 0 heterocycles. The summed E-state index contributed by atoms with van der Waals surface area (Å²) in [5, 5.41) is 0. The van der Waals surface area contributed by atoms with Crippen LogP contribution in [-0.4, -0.2) is 11.8 Å². The van der Waals surface area contributed by atoms with Crippen molar-refractivity contribution in [3.05, 3.63) is 28.7 Å². The number of hydrogen-bond donors (Lipinski definition) is 2. The fraction of sp³-hybridized carbons (Fsp3) is 0.538. The van der Waals surface area contributed by atoms with Crippen molar-refractivity contribution in [2.45, 2.75) is 36.6 Å². The van der Waals surface area contributed by atoms with Crippen LogP contribution in [0.2, 0.25) is 0 Å². The molecule has 0 aliphatic heterocycles. The quantitative estimate of drug-likeness (QED) is 0.459. The van der Waals surface area contributed by atoms with Crippen LogP contribution in [0.1, 0.15) is 25.7 Å². The molecule has 1 aromatic rings. The fourth-order valence-electron chi connectivity index (χ4n) is 1.81. The normalized spacial score (nSPS) is 17.1. The summed E-state index contributed by atoms with van der Waals surface area (Å²) < 4.78 is 1.14. The second-order valence-electron chi connectivity index (χ2n) is 4.65. The zero-order valence-electron chi connectivity index (χ0n) is 9.86. The molecule has 94 valence electrons. The van der Waals surface area contributed by atoms with Gasteiger partial charge in [0.05, 0.1) is 0 Å². The molecule has 1 aliphatic carbocycles. The van der Waals surface area contributed by atoms with Crippen LogP contribution in [0.25, 0.3) is 0 Å². The Balaban J connectivity index is 1.74. The average molecular weight is 315 g/mol. The Kier molecular flexibility index (Phi) is 5.35. The molecule has 3 N–H and O–H groups in total. The molecule has 0 spiro atoms. The molecule has 1 aliphatic rings. The Hall–Kier alpha value is -0.0300. The van der Waals surface area contributed by atoms with Crippen molar-refractivity contribution in [2.75, 3.05) is 5.75 Å². The molecule has 2 rings (SSSR count). The van der Waals surface area contributed by atoms with Crippen molar-refractivity contribution in [2.24, 2.45) is 11.8 Å². The smallest absolute Gasteiger partial charge is 0.0304 e. The zero-order valence-corrected chi connectivity index (χ0v) is 12.3. The van der Waals surface area contributed by atoms with Crippen molar-refractivity contribution >= 4 is 27.7 Å². The first-order valence-electron chi connectivity index (χ1n) is 6.12. The van der Waals surface area contributed by atoms with Crippen LogP contribution in [0, 0.1) is 5.92 Å². The molecular weight excluding hydrogens is 296 g/mol. The van der Waals surface area contributed by atoms with Crippen LogP contribution in [0.3, 0.4) is 0 Å². The van der Waals surface area contributed by atoms with Gasteiger partial charge in [-0.1, -0.05) is 34.8 Å². The molecule has 0 radical (unpaired) electrons. The van der Waals surface area contributed by atoms with Crippen LogP contribution in [0.15, 0.2) is 33.6 Å². The second-order valence-corrected chi connectivity index (χ2v) is 6.66. The first-order chi connectivity index (χ1) is 8.28. The topological polar surface area (TPSA) is 38.0 Å². The predicted molar refractivity (Wildman–Crippen MR) is 77.9 cm³/mol. The number of halogens is 1. The number of rotatable bonds is 7. The van der Waals surface area contributed by atoms with Gasteiger partial charge >= 0.3 is 0 Å². The van der Waals surface area contributed by atoms with Gasteiger partial charge in [-0.25, -0.2) is 0 Å². The molecular formula is C13H19BrN2S. The summed E-state index contributed by atoms with van der Waals surface area (Å²) in [4.78, 5) is 1.30. The van der Waals surface area contributed by atoms with E-state index in [2.05, 4.69) is 45.6 Å². The number of nitrogens with two attached hydrogens (primary N) is 1. The van der Waals surface area contributed by atoms with E-state index in [9.17, 15) is 0 Å². The Morgan fingerprint density at radius 3 is 2.94 bits per heavy atom. The summed E-state index contributed by atoms with van der Waals surface area (Å²) in [6.07, 6.45) is 5.38. The highest BCUT2D eigenvalue weighted by Crippen LogP contribution is 2.34. The molecule has 4 heteroatoms. The largest absolute Gasteiger partial charge is 0.271 e. The minimum absolute atomic E-state index is 0.430. The van der Waals surface area contributed by atoms with Crippen molar-refractivity contribution < 1.29 is 0 Å². The molecule has 17 heavy (non-hydrogen) atoms.